The monoisotopic (exact) mass is 187 g/mol. The molecule has 0 atom stereocenters. The third kappa shape index (κ3) is 1.96. The van der Waals surface area contributed by atoms with E-state index in [0.717, 1.165) is 12.2 Å². The molecule has 0 aliphatic heterocycles. The van der Waals surface area contributed by atoms with E-state index in [1.807, 2.05) is 25.1 Å². The molecule has 2 heteroatoms. The van der Waals surface area contributed by atoms with Gasteiger partial charge < -0.3 is 9.73 Å². The molecule has 0 saturated carbocycles. The van der Waals surface area contributed by atoms with Crippen LogP contribution in [0.3, 0.4) is 0 Å². The summed E-state index contributed by atoms with van der Waals surface area (Å²) in [6.45, 7) is 2.86. The fraction of sp³-hybridized carbons (Fsp3) is 0.167. The minimum atomic E-state index is 0.812. The zero-order valence-electron chi connectivity index (χ0n) is 8.16. The van der Waals surface area contributed by atoms with E-state index in [1.165, 1.54) is 11.1 Å². The molecule has 1 aromatic heterocycles. The van der Waals surface area contributed by atoms with Crippen molar-refractivity contribution in [2.24, 2.45) is 0 Å². The predicted molar refractivity (Wildman–Crippen MR) is 57.2 cm³/mol. The van der Waals surface area contributed by atoms with Gasteiger partial charge in [-0.1, -0.05) is 18.2 Å². The summed E-state index contributed by atoms with van der Waals surface area (Å²) in [5.74, 6) is 0. The molecule has 2 rings (SSSR count). The van der Waals surface area contributed by atoms with Crippen LogP contribution >= 0.6 is 0 Å². The summed E-state index contributed by atoms with van der Waals surface area (Å²) in [6, 6.07) is 10.1. The van der Waals surface area contributed by atoms with E-state index in [2.05, 4.69) is 17.4 Å². The van der Waals surface area contributed by atoms with Gasteiger partial charge in [-0.05, 0) is 24.6 Å². The van der Waals surface area contributed by atoms with E-state index in [4.69, 9.17) is 4.42 Å². The van der Waals surface area contributed by atoms with Gasteiger partial charge in [0.05, 0.1) is 12.5 Å². The van der Waals surface area contributed by atoms with Crippen molar-refractivity contribution in [1.82, 2.24) is 0 Å². The maximum atomic E-state index is 5.09. The summed E-state index contributed by atoms with van der Waals surface area (Å²) < 4.78 is 5.09. The van der Waals surface area contributed by atoms with E-state index in [0.29, 0.717) is 0 Å². The molecule has 0 amide bonds. The van der Waals surface area contributed by atoms with Gasteiger partial charge in [0, 0.05) is 17.8 Å². The fourth-order valence-corrected chi connectivity index (χ4v) is 1.32. The Labute approximate surface area is 83.6 Å². The van der Waals surface area contributed by atoms with E-state index in [-0.39, 0.29) is 0 Å². The number of hydrogen-bond donors (Lipinski definition) is 1. The Morgan fingerprint density at radius 2 is 1.93 bits per heavy atom. The summed E-state index contributed by atoms with van der Waals surface area (Å²) in [7, 11) is 0. The molecule has 2 nitrogen and oxygen atoms in total. The first-order valence-corrected chi connectivity index (χ1v) is 4.67. The number of aryl methyl sites for hydroxylation is 1. The largest absolute Gasteiger partial charge is 0.472 e. The van der Waals surface area contributed by atoms with Crippen molar-refractivity contribution in [2.45, 2.75) is 13.5 Å². The summed E-state index contributed by atoms with van der Waals surface area (Å²) in [4.78, 5) is 0. The third-order valence-electron chi connectivity index (χ3n) is 2.22. The van der Waals surface area contributed by atoms with Crippen LogP contribution in [-0.4, -0.2) is 0 Å². The number of para-hydroxylation sites is 1. The second-order valence-corrected chi connectivity index (χ2v) is 3.30. The highest BCUT2D eigenvalue weighted by molar-refractivity contribution is 5.43. The Morgan fingerprint density at radius 1 is 1.14 bits per heavy atom. The lowest BCUT2D eigenvalue weighted by atomic mass is 10.2. The van der Waals surface area contributed by atoms with Crippen LogP contribution in [0.5, 0.6) is 0 Å². The zero-order chi connectivity index (χ0) is 9.80. The van der Waals surface area contributed by atoms with Gasteiger partial charge in [0.2, 0.25) is 0 Å². The van der Waals surface area contributed by atoms with Crippen molar-refractivity contribution in [1.29, 1.82) is 0 Å². The quantitative estimate of drug-likeness (QED) is 0.798. The fourth-order valence-electron chi connectivity index (χ4n) is 1.32. The molecule has 2 aromatic rings. The molecular weight excluding hydrogens is 174 g/mol. The minimum Gasteiger partial charge on any atom is -0.472 e. The molecule has 0 aliphatic rings. The Kier molecular flexibility index (Phi) is 2.54. The number of hydrogen-bond acceptors (Lipinski definition) is 2. The first-order chi connectivity index (χ1) is 6.86. The van der Waals surface area contributed by atoms with Crippen LogP contribution in [0.15, 0.2) is 47.3 Å². The lowest BCUT2D eigenvalue weighted by Gasteiger charge is -2.04. The van der Waals surface area contributed by atoms with Crippen molar-refractivity contribution in [3.63, 3.8) is 0 Å². The van der Waals surface area contributed by atoms with Gasteiger partial charge in [-0.2, -0.15) is 0 Å². The summed E-state index contributed by atoms with van der Waals surface area (Å²) in [5, 5.41) is 3.33. The van der Waals surface area contributed by atoms with Crippen LogP contribution in [0.1, 0.15) is 11.1 Å². The molecule has 0 aliphatic carbocycles. The number of anilines is 1. The van der Waals surface area contributed by atoms with Crippen molar-refractivity contribution in [2.75, 3.05) is 5.32 Å². The van der Waals surface area contributed by atoms with Gasteiger partial charge in [0.25, 0.3) is 0 Å². The molecule has 1 N–H and O–H groups in total. The SMILES string of the molecule is Cc1cocc1CNc1ccccc1. The van der Waals surface area contributed by atoms with Crippen LogP contribution in [-0.2, 0) is 6.54 Å². The number of nitrogens with one attached hydrogen (secondary N) is 1. The van der Waals surface area contributed by atoms with Crippen molar-refractivity contribution < 1.29 is 4.42 Å². The van der Waals surface area contributed by atoms with Gasteiger partial charge in [0.1, 0.15) is 0 Å². The van der Waals surface area contributed by atoms with E-state index >= 15 is 0 Å². The predicted octanol–water partition coefficient (Wildman–Crippen LogP) is 3.20. The molecule has 0 unspecified atom stereocenters. The molecule has 0 bridgehead atoms. The van der Waals surface area contributed by atoms with Crippen molar-refractivity contribution >= 4 is 5.69 Å². The third-order valence-corrected chi connectivity index (χ3v) is 2.22. The van der Waals surface area contributed by atoms with Gasteiger partial charge in [0.15, 0.2) is 0 Å². The molecular formula is C12H13NO. The van der Waals surface area contributed by atoms with Crippen LogP contribution in [0.25, 0.3) is 0 Å². The standard InChI is InChI=1S/C12H13NO/c1-10-8-14-9-11(10)7-13-12-5-3-2-4-6-12/h2-6,8-9,13H,7H2,1H3. The first kappa shape index (κ1) is 8.88. The second kappa shape index (κ2) is 4.01. The smallest absolute Gasteiger partial charge is 0.0955 e. The van der Waals surface area contributed by atoms with Crippen LogP contribution in [0, 0.1) is 6.92 Å². The van der Waals surface area contributed by atoms with Gasteiger partial charge in [-0.25, -0.2) is 0 Å². The Hall–Kier alpha value is -1.70. The molecule has 0 saturated heterocycles. The maximum Gasteiger partial charge on any atom is 0.0955 e. The minimum absolute atomic E-state index is 0.812. The van der Waals surface area contributed by atoms with Gasteiger partial charge in [-0.3, -0.25) is 0 Å². The number of rotatable bonds is 3. The number of furan rings is 1. The molecule has 0 spiro atoms. The van der Waals surface area contributed by atoms with Crippen LogP contribution in [0.4, 0.5) is 5.69 Å². The molecule has 1 aromatic carbocycles. The van der Waals surface area contributed by atoms with Gasteiger partial charge in [-0.15, -0.1) is 0 Å². The first-order valence-electron chi connectivity index (χ1n) is 4.67. The van der Waals surface area contributed by atoms with Crippen LogP contribution in [0.2, 0.25) is 0 Å². The molecule has 0 radical (unpaired) electrons. The normalized spacial score (nSPS) is 10.1. The number of benzene rings is 1. The Morgan fingerprint density at radius 3 is 2.57 bits per heavy atom. The highest BCUT2D eigenvalue weighted by atomic mass is 16.3. The topological polar surface area (TPSA) is 25.2 Å². The summed E-state index contributed by atoms with van der Waals surface area (Å²) in [5.41, 5.74) is 3.52. The average molecular weight is 187 g/mol. The van der Waals surface area contributed by atoms with E-state index < -0.39 is 0 Å². The van der Waals surface area contributed by atoms with Crippen LogP contribution < -0.4 is 5.32 Å². The van der Waals surface area contributed by atoms with Crippen molar-refractivity contribution in [3.8, 4) is 0 Å². The van der Waals surface area contributed by atoms with E-state index in [1.54, 1.807) is 12.5 Å². The summed E-state index contributed by atoms with van der Waals surface area (Å²) >= 11 is 0. The zero-order valence-corrected chi connectivity index (χ0v) is 8.16. The lowest BCUT2D eigenvalue weighted by Crippen LogP contribution is -1.98. The highest BCUT2D eigenvalue weighted by Crippen LogP contribution is 2.12. The Bertz CT molecular complexity index is 392. The van der Waals surface area contributed by atoms with E-state index in [9.17, 15) is 0 Å². The molecule has 72 valence electrons. The molecule has 0 fully saturated rings. The maximum absolute atomic E-state index is 5.09. The van der Waals surface area contributed by atoms with Crippen molar-refractivity contribution in [3.05, 3.63) is 54.0 Å². The molecule has 1 heterocycles. The molecule has 14 heavy (non-hydrogen) atoms. The summed E-state index contributed by atoms with van der Waals surface area (Å²) in [6.07, 6.45) is 3.55. The lowest BCUT2D eigenvalue weighted by molar-refractivity contribution is 0.563. The highest BCUT2D eigenvalue weighted by Gasteiger charge is 1.99. The Balaban J connectivity index is 1.99. The second-order valence-electron chi connectivity index (χ2n) is 3.30. The average Bonchev–Trinajstić information content (AvgIpc) is 2.63. The van der Waals surface area contributed by atoms with Gasteiger partial charge >= 0.3 is 0 Å².